The monoisotopic (exact) mass is 486 g/mol. The summed E-state index contributed by atoms with van der Waals surface area (Å²) >= 11 is 0. The molecule has 0 aliphatic heterocycles. The minimum absolute atomic E-state index is 0. The third kappa shape index (κ3) is 8.99. The molecule has 0 spiro atoms. The Hall–Kier alpha value is 3.28. The van der Waals surface area contributed by atoms with Gasteiger partial charge in [-0.05, 0) is 0 Å². The van der Waals surface area contributed by atoms with Gasteiger partial charge in [0.05, 0.1) is 0 Å². The maximum atomic E-state index is 0. The molecule has 0 fully saturated rings. The van der Waals surface area contributed by atoms with Crippen LogP contribution in [0.4, 0.5) is 0 Å². The summed E-state index contributed by atoms with van der Waals surface area (Å²) in [5, 5.41) is 0. The first-order valence-corrected chi connectivity index (χ1v) is 0. The Morgan fingerprint density at radius 2 is 1.00 bits per heavy atom. The van der Waals surface area contributed by atoms with Crippen LogP contribution in [0.25, 0.3) is 0 Å². The molecule has 4 heteroatoms. The molecule has 0 aromatic heterocycles. The smallest absolute Gasteiger partial charge is 0 e. The van der Waals surface area contributed by atoms with Gasteiger partial charge in [0, 0.05) is 97.8 Å². The fourth-order valence-corrected chi connectivity index (χ4v) is 0. The minimum Gasteiger partial charge on any atom is 0 e. The Labute approximate surface area is 95.8 Å². The minimum atomic E-state index is 0. The molecule has 0 nitrogen and oxygen atoms in total. The van der Waals surface area contributed by atoms with E-state index in [0.717, 1.165) is 0 Å². The average molecular weight is 483 g/mol. The molecule has 0 atom stereocenters. The van der Waals surface area contributed by atoms with Crippen molar-refractivity contribution in [3.8, 4) is 0 Å². The molecule has 12 radical (unpaired) electrons. The van der Waals surface area contributed by atoms with Crippen molar-refractivity contribution in [1.82, 2.24) is 0 Å². The Kier molecular flexibility index (Phi) is 109. The fourth-order valence-electron chi connectivity index (χ4n) is 0. The van der Waals surface area contributed by atoms with Crippen LogP contribution >= 0.6 is 0 Å². The zero-order valence-corrected chi connectivity index (χ0v) is 13.0. The standard InChI is InChI=1S/In.Sb.Sn.Te. The number of rotatable bonds is 0. The van der Waals surface area contributed by atoms with Gasteiger partial charge in [-0.3, -0.25) is 0 Å². The number of hydrogen-bond donors (Lipinski definition) is 0. The summed E-state index contributed by atoms with van der Waals surface area (Å²) in [5.74, 6) is 0. The van der Waals surface area contributed by atoms with Gasteiger partial charge >= 0.3 is 0 Å². The number of hydrogen-bond acceptors (Lipinski definition) is 0. The van der Waals surface area contributed by atoms with E-state index in [4.69, 9.17) is 0 Å². The third-order valence-corrected chi connectivity index (χ3v) is 0. The molecule has 0 saturated heterocycles. The molecule has 0 N–H and O–H groups in total. The molecule has 0 aromatic carbocycles. The van der Waals surface area contributed by atoms with Crippen LogP contribution in [0.1, 0.15) is 0 Å². The molecular formula is InSbSnTe. The molecule has 0 rings (SSSR count). The topological polar surface area (TPSA) is 0 Å². The van der Waals surface area contributed by atoms with Crippen LogP contribution < -0.4 is 0 Å². The molecule has 0 saturated carbocycles. The van der Waals surface area contributed by atoms with Crippen molar-refractivity contribution in [3.63, 3.8) is 0 Å². The van der Waals surface area contributed by atoms with Gasteiger partial charge in [0.25, 0.3) is 0 Å². The molecule has 0 unspecified atom stereocenters. The molecule has 0 amide bonds. The molecular weight excluding hydrogens is 483 g/mol. The Balaban J connectivity index is 0. The van der Waals surface area contributed by atoms with Gasteiger partial charge in [-0.25, -0.2) is 0 Å². The van der Waals surface area contributed by atoms with E-state index < -0.39 is 0 Å². The Morgan fingerprint density at radius 1 is 1.00 bits per heavy atom. The van der Waals surface area contributed by atoms with Gasteiger partial charge in [-0.2, -0.15) is 0 Å². The Morgan fingerprint density at radius 3 is 1.00 bits per heavy atom. The summed E-state index contributed by atoms with van der Waals surface area (Å²) in [5.41, 5.74) is 0. The van der Waals surface area contributed by atoms with Gasteiger partial charge in [0.2, 0.25) is 0 Å². The SMILES string of the molecule is [In].[Sb].[Sn].[Te]. The van der Waals surface area contributed by atoms with Gasteiger partial charge in [0.1, 0.15) is 0 Å². The summed E-state index contributed by atoms with van der Waals surface area (Å²) in [6.07, 6.45) is 0. The zero-order chi connectivity index (χ0) is 0. The summed E-state index contributed by atoms with van der Waals surface area (Å²) in [4.78, 5) is 0. The molecule has 0 aliphatic carbocycles. The molecule has 18 valence electrons. The van der Waals surface area contributed by atoms with E-state index in [1.807, 2.05) is 0 Å². The third-order valence-electron chi connectivity index (χ3n) is 0. The predicted octanol–water partition coefficient (Wildman–Crippen LogP) is -1.52. The van der Waals surface area contributed by atoms with E-state index >= 15 is 0 Å². The maximum Gasteiger partial charge on any atom is 0 e. The van der Waals surface area contributed by atoms with Crippen molar-refractivity contribution in [3.05, 3.63) is 0 Å². The van der Waals surface area contributed by atoms with Gasteiger partial charge in [0.15, 0.2) is 0 Å². The first-order valence-electron chi connectivity index (χ1n) is 0. The second-order valence-corrected chi connectivity index (χ2v) is 0. The first kappa shape index (κ1) is 26.7. The first-order chi connectivity index (χ1) is 0. The van der Waals surface area contributed by atoms with Crippen LogP contribution in [-0.4, -0.2) is 97.8 Å². The molecule has 0 aromatic rings. The second-order valence-electron chi connectivity index (χ2n) is 0. The summed E-state index contributed by atoms with van der Waals surface area (Å²) in [7, 11) is 0. The van der Waals surface area contributed by atoms with Crippen molar-refractivity contribution < 1.29 is 0 Å². The van der Waals surface area contributed by atoms with Crippen LogP contribution in [0.3, 0.4) is 0 Å². The van der Waals surface area contributed by atoms with Crippen molar-refractivity contribution in [2.24, 2.45) is 0 Å². The van der Waals surface area contributed by atoms with E-state index in [2.05, 4.69) is 0 Å². The van der Waals surface area contributed by atoms with Gasteiger partial charge in [-0.15, -0.1) is 0 Å². The quantitative estimate of drug-likeness (QED) is 0.368. The largest absolute Gasteiger partial charge is 0 e. The van der Waals surface area contributed by atoms with Crippen LogP contribution in [0.15, 0.2) is 0 Å². The van der Waals surface area contributed by atoms with Crippen LogP contribution in [0.5, 0.6) is 0 Å². The van der Waals surface area contributed by atoms with Crippen molar-refractivity contribution in [2.75, 3.05) is 0 Å². The summed E-state index contributed by atoms with van der Waals surface area (Å²) < 4.78 is 0. The molecule has 0 aliphatic rings. The van der Waals surface area contributed by atoms with E-state index in [-0.39, 0.29) is 97.8 Å². The molecule has 4 heavy (non-hydrogen) atoms. The van der Waals surface area contributed by atoms with Crippen molar-refractivity contribution >= 4 is 97.8 Å². The molecule has 0 bridgehead atoms. The van der Waals surface area contributed by atoms with Crippen molar-refractivity contribution in [2.45, 2.75) is 0 Å². The predicted molar refractivity (Wildman–Crippen MR) is 23.0 cm³/mol. The zero-order valence-electron chi connectivity index (χ0n) is 1.93. The van der Waals surface area contributed by atoms with E-state index in [9.17, 15) is 0 Å². The average Bonchev–Trinajstić information content (AvgIpc) is 0. The maximum absolute atomic E-state index is 0. The summed E-state index contributed by atoms with van der Waals surface area (Å²) in [6.45, 7) is 0. The van der Waals surface area contributed by atoms with Crippen LogP contribution in [-0.2, 0) is 0 Å². The summed E-state index contributed by atoms with van der Waals surface area (Å²) in [6, 6.07) is 0. The Bertz CT molecular complexity index is 8.00. The normalized spacial score (nSPS) is 0. The van der Waals surface area contributed by atoms with Crippen molar-refractivity contribution in [1.29, 1.82) is 0 Å². The van der Waals surface area contributed by atoms with Gasteiger partial charge < -0.3 is 0 Å². The van der Waals surface area contributed by atoms with E-state index in [1.54, 1.807) is 0 Å². The van der Waals surface area contributed by atoms with Crippen LogP contribution in [0, 0.1) is 0 Å². The van der Waals surface area contributed by atoms with Gasteiger partial charge in [-0.1, -0.05) is 0 Å². The van der Waals surface area contributed by atoms with E-state index in [1.165, 1.54) is 0 Å². The van der Waals surface area contributed by atoms with Crippen LogP contribution in [0.2, 0.25) is 0 Å². The fraction of sp³-hybridized carbons (Fsp3) is 0. The van der Waals surface area contributed by atoms with E-state index in [0.29, 0.717) is 0 Å². The second kappa shape index (κ2) is 16.3. The molecule has 0 heterocycles.